The molecule has 1 aliphatic rings. The number of piperazine rings is 1. The van der Waals surface area contributed by atoms with Gasteiger partial charge in [-0.3, -0.25) is 4.79 Å². The zero-order valence-corrected chi connectivity index (χ0v) is 14.3. The Labute approximate surface area is 153 Å². The van der Waals surface area contributed by atoms with Crippen LogP contribution < -0.4 is 10.1 Å². The molecule has 0 spiro atoms. The number of hydrogen-bond acceptors (Lipinski definition) is 3. The average Bonchev–Trinajstić information content (AvgIpc) is 2.66. The van der Waals surface area contributed by atoms with E-state index in [-0.39, 0.29) is 23.5 Å². The molecule has 0 bridgehead atoms. The summed E-state index contributed by atoms with van der Waals surface area (Å²) < 4.78 is 54.8. The van der Waals surface area contributed by atoms with Gasteiger partial charge in [-0.1, -0.05) is 12.1 Å². The quantitative estimate of drug-likeness (QED) is 0.823. The summed E-state index contributed by atoms with van der Waals surface area (Å²) in [5, 5.41) is 3.19. The van der Waals surface area contributed by atoms with Crippen molar-refractivity contribution >= 4 is 5.91 Å². The number of rotatable bonds is 4. The summed E-state index contributed by atoms with van der Waals surface area (Å²) in [6.45, 7) is 0.137. The Hall–Kier alpha value is -2.61. The van der Waals surface area contributed by atoms with Crippen molar-refractivity contribution in [2.45, 2.75) is 12.2 Å². The van der Waals surface area contributed by atoms with E-state index in [4.69, 9.17) is 0 Å². The van der Waals surface area contributed by atoms with Gasteiger partial charge in [-0.05, 0) is 42.0 Å². The van der Waals surface area contributed by atoms with E-state index in [1.54, 1.807) is 17.0 Å². The molecule has 1 unspecified atom stereocenters. The molecule has 1 N–H and O–H groups in total. The molecule has 27 heavy (non-hydrogen) atoms. The lowest BCUT2D eigenvalue weighted by Gasteiger charge is -2.36. The third-order valence-electron chi connectivity index (χ3n) is 4.24. The van der Waals surface area contributed by atoms with Crippen molar-refractivity contribution in [1.82, 2.24) is 10.2 Å². The van der Waals surface area contributed by atoms with E-state index in [0.29, 0.717) is 30.8 Å². The van der Waals surface area contributed by atoms with Crippen LogP contribution in [0.25, 0.3) is 0 Å². The zero-order valence-electron chi connectivity index (χ0n) is 14.3. The minimum absolute atomic E-state index is 0.0332. The lowest BCUT2D eigenvalue weighted by Crippen LogP contribution is -2.48. The number of amides is 1. The van der Waals surface area contributed by atoms with E-state index in [1.807, 2.05) is 0 Å². The van der Waals surface area contributed by atoms with Crippen molar-refractivity contribution < 1.29 is 27.1 Å². The summed E-state index contributed by atoms with van der Waals surface area (Å²) in [7, 11) is 0. The van der Waals surface area contributed by atoms with Gasteiger partial charge < -0.3 is 15.0 Å². The van der Waals surface area contributed by atoms with Gasteiger partial charge in [0.25, 0.3) is 5.91 Å². The zero-order chi connectivity index (χ0) is 19.4. The maximum Gasteiger partial charge on any atom is 0.422 e. The number of carbonyl (C=O) groups excluding carboxylic acids is 1. The van der Waals surface area contributed by atoms with Crippen LogP contribution in [-0.2, 0) is 0 Å². The fourth-order valence-electron chi connectivity index (χ4n) is 2.98. The van der Waals surface area contributed by atoms with E-state index in [2.05, 4.69) is 10.1 Å². The van der Waals surface area contributed by atoms with Crippen molar-refractivity contribution in [1.29, 1.82) is 0 Å². The minimum atomic E-state index is -4.42. The highest BCUT2D eigenvalue weighted by atomic mass is 19.4. The van der Waals surface area contributed by atoms with Crippen LogP contribution in [0.1, 0.15) is 22.0 Å². The SMILES string of the molecule is O=C(c1ccc(OCC(F)(F)F)cc1)N1CCNCC1c1cccc(F)c1. The highest BCUT2D eigenvalue weighted by Gasteiger charge is 2.30. The molecular weight excluding hydrogens is 364 g/mol. The van der Waals surface area contributed by atoms with E-state index in [1.165, 1.54) is 36.4 Å². The molecular formula is C19H18F4N2O2. The van der Waals surface area contributed by atoms with Crippen LogP contribution in [0.3, 0.4) is 0 Å². The first-order valence-corrected chi connectivity index (χ1v) is 8.40. The minimum Gasteiger partial charge on any atom is -0.484 e. The molecule has 1 amide bonds. The Bertz CT molecular complexity index is 793. The summed E-state index contributed by atoms with van der Waals surface area (Å²) in [4.78, 5) is 14.5. The van der Waals surface area contributed by atoms with Gasteiger partial charge in [0.2, 0.25) is 0 Å². The molecule has 8 heteroatoms. The van der Waals surface area contributed by atoms with Gasteiger partial charge in [-0.15, -0.1) is 0 Å². The molecule has 0 saturated carbocycles. The number of ether oxygens (including phenoxy) is 1. The largest absolute Gasteiger partial charge is 0.484 e. The summed E-state index contributed by atoms with van der Waals surface area (Å²) in [5.74, 6) is -0.615. The molecule has 4 nitrogen and oxygen atoms in total. The van der Waals surface area contributed by atoms with Gasteiger partial charge in [-0.25, -0.2) is 4.39 Å². The number of benzene rings is 2. The lowest BCUT2D eigenvalue weighted by molar-refractivity contribution is -0.153. The molecule has 1 atom stereocenters. The number of nitrogens with one attached hydrogen (secondary N) is 1. The molecule has 0 aliphatic carbocycles. The van der Waals surface area contributed by atoms with Crippen LogP contribution >= 0.6 is 0 Å². The maximum atomic E-state index is 13.6. The van der Waals surface area contributed by atoms with E-state index in [9.17, 15) is 22.4 Å². The first-order valence-electron chi connectivity index (χ1n) is 8.40. The second-order valence-corrected chi connectivity index (χ2v) is 6.20. The third-order valence-corrected chi connectivity index (χ3v) is 4.24. The Kier molecular flexibility index (Phi) is 5.65. The highest BCUT2D eigenvalue weighted by Crippen LogP contribution is 2.26. The second-order valence-electron chi connectivity index (χ2n) is 6.20. The molecule has 2 aromatic carbocycles. The fourth-order valence-corrected chi connectivity index (χ4v) is 2.98. The summed E-state index contributed by atoms with van der Waals surface area (Å²) in [6.07, 6.45) is -4.42. The Balaban J connectivity index is 1.75. The van der Waals surface area contributed by atoms with E-state index < -0.39 is 12.8 Å². The van der Waals surface area contributed by atoms with Crippen molar-refractivity contribution in [2.24, 2.45) is 0 Å². The maximum absolute atomic E-state index is 13.6. The van der Waals surface area contributed by atoms with Crippen LogP contribution in [0, 0.1) is 5.82 Å². The second kappa shape index (κ2) is 7.96. The molecule has 2 aromatic rings. The predicted octanol–water partition coefficient (Wildman–Crippen LogP) is 3.55. The molecule has 0 radical (unpaired) electrons. The monoisotopic (exact) mass is 382 g/mol. The van der Waals surface area contributed by atoms with Crippen LogP contribution in [0.15, 0.2) is 48.5 Å². The predicted molar refractivity (Wildman–Crippen MR) is 91.0 cm³/mol. The van der Waals surface area contributed by atoms with Gasteiger partial charge in [0.15, 0.2) is 6.61 Å². The van der Waals surface area contributed by atoms with E-state index >= 15 is 0 Å². The van der Waals surface area contributed by atoms with Gasteiger partial charge in [0, 0.05) is 25.2 Å². The van der Waals surface area contributed by atoms with Crippen molar-refractivity contribution in [2.75, 3.05) is 26.2 Å². The van der Waals surface area contributed by atoms with Gasteiger partial charge in [0.05, 0.1) is 6.04 Å². The molecule has 0 aromatic heterocycles. The topological polar surface area (TPSA) is 41.6 Å². The Morgan fingerprint density at radius 3 is 2.59 bits per heavy atom. The molecule has 1 saturated heterocycles. The molecule has 1 aliphatic heterocycles. The Morgan fingerprint density at radius 1 is 1.19 bits per heavy atom. The number of halogens is 4. The standard InChI is InChI=1S/C19H18F4N2O2/c20-15-3-1-2-14(10-15)17-11-24-8-9-25(17)18(26)13-4-6-16(7-5-13)27-12-19(21,22)23/h1-7,10,17,24H,8-9,11-12H2. The number of carbonyl (C=O) groups is 1. The third kappa shape index (κ3) is 4.97. The first-order chi connectivity index (χ1) is 12.8. The van der Waals surface area contributed by atoms with Crippen molar-refractivity contribution in [3.05, 3.63) is 65.5 Å². The molecule has 1 heterocycles. The van der Waals surface area contributed by atoms with Crippen LogP contribution in [-0.4, -0.2) is 43.2 Å². The molecule has 3 rings (SSSR count). The van der Waals surface area contributed by atoms with Crippen molar-refractivity contribution in [3.8, 4) is 5.75 Å². The van der Waals surface area contributed by atoms with Crippen LogP contribution in [0.5, 0.6) is 5.75 Å². The first kappa shape index (κ1) is 19.2. The van der Waals surface area contributed by atoms with Gasteiger partial charge in [0.1, 0.15) is 11.6 Å². The lowest BCUT2D eigenvalue weighted by atomic mass is 10.0. The van der Waals surface area contributed by atoms with E-state index in [0.717, 1.165) is 0 Å². The molecule has 144 valence electrons. The smallest absolute Gasteiger partial charge is 0.422 e. The summed E-state index contributed by atoms with van der Waals surface area (Å²) in [5.41, 5.74) is 1.01. The number of nitrogens with zero attached hydrogens (tertiary/aromatic N) is 1. The summed E-state index contributed by atoms with van der Waals surface area (Å²) in [6, 6.07) is 11.3. The van der Waals surface area contributed by atoms with Crippen molar-refractivity contribution in [3.63, 3.8) is 0 Å². The van der Waals surface area contributed by atoms with Gasteiger partial charge in [-0.2, -0.15) is 13.2 Å². The van der Waals surface area contributed by atoms with Crippen LogP contribution in [0.4, 0.5) is 17.6 Å². The number of alkyl halides is 3. The van der Waals surface area contributed by atoms with Gasteiger partial charge >= 0.3 is 6.18 Å². The summed E-state index contributed by atoms with van der Waals surface area (Å²) >= 11 is 0. The Morgan fingerprint density at radius 2 is 1.93 bits per heavy atom. The highest BCUT2D eigenvalue weighted by molar-refractivity contribution is 5.94. The normalized spacial score (nSPS) is 17.6. The average molecular weight is 382 g/mol. The molecule has 1 fully saturated rings. The van der Waals surface area contributed by atoms with Crippen LogP contribution in [0.2, 0.25) is 0 Å². The fraction of sp³-hybridized carbons (Fsp3) is 0.316. The number of hydrogen-bond donors (Lipinski definition) is 1.